The van der Waals surface area contributed by atoms with Gasteiger partial charge in [0.15, 0.2) is 0 Å². The molecule has 0 aromatic rings. The molecule has 1 aliphatic rings. The smallest absolute Gasteiger partial charge is 0.333 e. The van der Waals surface area contributed by atoms with Crippen molar-refractivity contribution in [3.8, 4) is 0 Å². The molecular weight excluding hydrogens is 198 g/mol. The van der Waals surface area contributed by atoms with E-state index in [4.69, 9.17) is 0 Å². The van der Waals surface area contributed by atoms with Gasteiger partial charge in [-0.1, -0.05) is 0 Å². The van der Waals surface area contributed by atoms with Gasteiger partial charge in [0.05, 0.1) is 0 Å². The third-order valence-corrected chi connectivity index (χ3v) is 2.00. The number of carbonyl (C=O) groups is 3. The van der Waals surface area contributed by atoms with Crippen molar-refractivity contribution in [1.29, 1.82) is 0 Å². The molecule has 6 nitrogen and oxygen atoms in total. The maximum atomic E-state index is 11.4. The Morgan fingerprint density at radius 2 is 1.33 bits per heavy atom. The van der Waals surface area contributed by atoms with E-state index in [0.29, 0.717) is 13.1 Å². The lowest BCUT2D eigenvalue weighted by Gasteiger charge is -2.31. The predicted molar refractivity (Wildman–Crippen MR) is 54.9 cm³/mol. The van der Waals surface area contributed by atoms with Crippen LogP contribution in [0.2, 0.25) is 0 Å². The third-order valence-electron chi connectivity index (χ3n) is 2.00. The Morgan fingerprint density at radius 3 is 1.60 bits per heavy atom. The Hall–Kier alpha value is -1.43. The molecule has 0 aromatic heterocycles. The fraction of sp³-hybridized carbons (Fsp3) is 0.667. The summed E-state index contributed by atoms with van der Waals surface area (Å²) in [4.78, 5) is 35.9. The molecule has 86 valence electrons. The largest absolute Gasteiger partial charge is 0.333 e. The van der Waals surface area contributed by atoms with Crippen molar-refractivity contribution >= 4 is 17.8 Å². The van der Waals surface area contributed by atoms with Gasteiger partial charge in [-0.3, -0.25) is 19.4 Å². The summed E-state index contributed by atoms with van der Waals surface area (Å²) in [6, 6.07) is -0.494. The van der Waals surface area contributed by atoms with E-state index in [-0.39, 0.29) is 6.42 Å². The van der Waals surface area contributed by atoms with Gasteiger partial charge in [0.25, 0.3) is 0 Å². The highest BCUT2D eigenvalue weighted by Crippen LogP contribution is 2.10. The minimum Gasteiger partial charge on any atom is -0.333 e. The molecule has 1 saturated heterocycles. The lowest BCUT2D eigenvalue weighted by Crippen LogP contribution is -2.54. The van der Waals surface area contributed by atoms with Crippen LogP contribution in [-0.4, -0.2) is 47.8 Å². The van der Waals surface area contributed by atoms with E-state index in [1.54, 1.807) is 13.8 Å². The van der Waals surface area contributed by atoms with Crippen LogP contribution in [0.5, 0.6) is 0 Å². The quantitative estimate of drug-likeness (QED) is 0.645. The number of barbiturate groups is 1. The van der Waals surface area contributed by atoms with Crippen molar-refractivity contribution in [3.63, 3.8) is 0 Å². The van der Waals surface area contributed by atoms with Gasteiger partial charge in [-0.25, -0.2) is 4.79 Å². The Kier molecular flexibility index (Phi) is 5.54. The van der Waals surface area contributed by atoms with Crippen molar-refractivity contribution in [2.45, 2.75) is 20.3 Å². The second-order valence-corrected chi connectivity index (χ2v) is 2.74. The number of urea groups is 1. The second-order valence-electron chi connectivity index (χ2n) is 2.74. The van der Waals surface area contributed by atoms with Crippen molar-refractivity contribution in [2.75, 3.05) is 20.1 Å². The molecule has 1 fully saturated rings. The van der Waals surface area contributed by atoms with E-state index >= 15 is 0 Å². The van der Waals surface area contributed by atoms with Gasteiger partial charge >= 0.3 is 6.03 Å². The summed E-state index contributed by atoms with van der Waals surface area (Å²) < 4.78 is 0. The first kappa shape index (κ1) is 13.6. The summed E-state index contributed by atoms with van der Waals surface area (Å²) in [6.45, 7) is 4.06. The maximum Gasteiger partial charge on any atom is 0.333 e. The van der Waals surface area contributed by atoms with Crippen molar-refractivity contribution in [1.82, 2.24) is 9.80 Å². The molecule has 0 aromatic carbocycles. The molecule has 0 unspecified atom stereocenters. The molecule has 0 bridgehead atoms. The van der Waals surface area contributed by atoms with E-state index in [0.717, 1.165) is 9.80 Å². The summed E-state index contributed by atoms with van der Waals surface area (Å²) in [7, 11) is 1.50. The molecule has 2 N–H and O–H groups in total. The van der Waals surface area contributed by atoms with Gasteiger partial charge in [-0.05, 0) is 20.9 Å². The molecular formula is C9H17N3O3. The molecule has 1 aliphatic heterocycles. The average Bonchev–Trinajstić information content (AvgIpc) is 2.21. The minimum atomic E-state index is -0.494. The number of hydrogen-bond donors (Lipinski definition) is 1. The summed E-state index contributed by atoms with van der Waals surface area (Å²) in [5.74, 6) is -0.801. The van der Waals surface area contributed by atoms with Crippen LogP contribution >= 0.6 is 0 Å². The number of rotatable bonds is 2. The van der Waals surface area contributed by atoms with E-state index in [1.807, 2.05) is 0 Å². The predicted octanol–water partition coefficient (Wildman–Crippen LogP) is -0.218. The summed E-state index contributed by atoms with van der Waals surface area (Å²) >= 11 is 0. The first-order valence-electron chi connectivity index (χ1n) is 4.84. The van der Waals surface area contributed by atoms with E-state index in [9.17, 15) is 14.4 Å². The van der Waals surface area contributed by atoms with E-state index < -0.39 is 17.8 Å². The molecule has 0 aliphatic carbocycles. The highest BCUT2D eigenvalue weighted by molar-refractivity contribution is 6.13. The van der Waals surface area contributed by atoms with Crippen molar-refractivity contribution < 1.29 is 14.4 Å². The van der Waals surface area contributed by atoms with E-state index in [2.05, 4.69) is 5.73 Å². The number of carbonyl (C=O) groups excluding carboxylic acids is 3. The van der Waals surface area contributed by atoms with Crippen LogP contribution in [0.3, 0.4) is 0 Å². The molecule has 0 radical (unpaired) electrons. The Bertz CT molecular complexity index is 241. The topological polar surface area (TPSA) is 83.7 Å². The SMILES string of the molecule is CCN1C(=O)CC(=O)N(CC)C1=O.CN. The molecule has 1 heterocycles. The zero-order valence-corrected chi connectivity index (χ0v) is 9.32. The summed E-state index contributed by atoms with van der Waals surface area (Å²) in [5.41, 5.74) is 4.50. The lowest BCUT2D eigenvalue weighted by atomic mass is 10.2. The lowest BCUT2D eigenvalue weighted by molar-refractivity contribution is -0.142. The van der Waals surface area contributed by atoms with Crippen LogP contribution in [0.25, 0.3) is 0 Å². The van der Waals surface area contributed by atoms with Crippen molar-refractivity contribution in [3.05, 3.63) is 0 Å². The van der Waals surface area contributed by atoms with Gasteiger partial charge in [-0.2, -0.15) is 0 Å². The second kappa shape index (κ2) is 6.13. The fourth-order valence-electron chi connectivity index (χ4n) is 1.30. The van der Waals surface area contributed by atoms with Gasteiger partial charge in [0.1, 0.15) is 6.42 Å². The molecule has 0 saturated carbocycles. The van der Waals surface area contributed by atoms with E-state index in [1.165, 1.54) is 7.05 Å². The monoisotopic (exact) mass is 215 g/mol. The number of amides is 4. The first-order valence-corrected chi connectivity index (χ1v) is 4.84. The van der Waals surface area contributed by atoms with Crippen LogP contribution < -0.4 is 5.73 Å². The number of nitrogens with two attached hydrogens (primary N) is 1. The Morgan fingerprint density at radius 1 is 1.00 bits per heavy atom. The summed E-state index contributed by atoms with van der Waals surface area (Å²) in [5, 5.41) is 0. The summed E-state index contributed by atoms with van der Waals surface area (Å²) in [6.07, 6.45) is -0.187. The van der Waals surface area contributed by atoms with Crippen LogP contribution in [0, 0.1) is 0 Å². The molecule has 6 heteroatoms. The first-order chi connectivity index (χ1) is 7.11. The van der Waals surface area contributed by atoms with Gasteiger partial charge in [0, 0.05) is 13.1 Å². The molecule has 4 amide bonds. The van der Waals surface area contributed by atoms with Gasteiger partial charge < -0.3 is 5.73 Å². The molecule has 0 spiro atoms. The molecule has 1 rings (SSSR count). The zero-order chi connectivity index (χ0) is 12.0. The normalized spacial score (nSPS) is 16.4. The number of hydrogen-bond acceptors (Lipinski definition) is 4. The van der Waals surface area contributed by atoms with Crippen LogP contribution in [0.15, 0.2) is 0 Å². The van der Waals surface area contributed by atoms with Crippen molar-refractivity contribution in [2.24, 2.45) is 5.73 Å². The number of nitrogens with zero attached hydrogens (tertiary/aromatic N) is 2. The zero-order valence-electron chi connectivity index (χ0n) is 9.32. The fourth-order valence-corrected chi connectivity index (χ4v) is 1.30. The molecule has 15 heavy (non-hydrogen) atoms. The average molecular weight is 215 g/mol. The molecule has 0 atom stereocenters. The number of imide groups is 2. The third kappa shape index (κ3) is 2.76. The highest BCUT2D eigenvalue weighted by atomic mass is 16.2. The van der Waals surface area contributed by atoms with Crippen LogP contribution in [0.4, 0.5) is 4.79 Å². The maximum absolute atomic E-state index is 11.4. The van der Waals surface area contributed by atoms with Gasteiger partial charge in [0.2, 0.25) is 11.8 Å². The van der Waals surface area contributed by atoms with Crippen LogP contribution in [-0.2, 0) is 9.59 Å². The Balaban J connectivity index is 0.000000921. The highest BCUT2D eigenvalue weighted by Gasteiger charge is 2.35. The Labute approximate surface area is 89.0 Å². The van der Waals surface area contributed by atoms with Crippen LogP contribution in [0.1, 0.15) is 20.3 Å². The standard InChI is InChI=1S/C8H12N2O3.CH5N/c1-3-9-6(11)5-7(12)10(4-2)8(9)13;1-2/h3-5H2,1-2H3;2H2,1H3. The van der Waals surface area contributed by atoms with Gasteiger partial charge in [-0.15, -0.1) is 0 Å². The minimum absolute atomic E-state index is 0.187.